The van der Waals surface area contributed by atoms with E-state index in [1.54, 1.807) is 12.1 Å². The van der Waals surface area contributed by atoms with E-state index in [9.17, 15) is 29.1 Å². The molecule has 11 heteroatoms. The van der Waals surface area contributed by atoms with Gasteiger partial charge in [-0.15, -0.1) is 0 Å². The summed E-state index contributed by atoms with van der Waals surface area (Å²) in [7, 11) is 0. The van der Waals surface area contributed by atoms with Crippen LogP contribution in [-0.2, 0) is 30.4 Å². The number of carboxylic acid groups (broad SMARTS) is 1. The number of aldehydes is 1. The van der Waals surface area contributed by atoms with Crippen LogP contribution in [0.2, 0.25) is 0 Å². The summed E-state index contributed by atoms with van der Waals surface area (Å²) in [5.74, 6) is -2.77. The van der Waals surface area contributed by atoms with Gasteiger partial charge in [0.05, 0.1) is 12.1 Å². The summed E-state index contributed by atoms with van der Waals surface area (Å²) in [6.45, 7) is 7.58. The molecule has 3 amide bonds. The van der Waals surface area contributed by atoms with Gasteiger partial charge < -0.3 is 36.7 Å². The van der Waals surface area contributed by atoms with Gasteiger partial charge >= 0.3 is 5.97 Å². The van der Waals surface area contributed by atoms with Crippen molar-refractivity contribution in [3.05, 3.63) is 29.8 Å². The number of carboxylic acids is 1. The Morgan fingerprint density at radius 2 is 1.41 bits per heavy atom. The molecule has 0 aliphatic heterocycles. The van der Waals surface area contributed by atoms with Gasteiger partial charge in [0.1, 0.15) is 24.1 Å². The van der Waals surface area contributed by atoms with Gasteiger partial charge in [-0.2, -0.15) is 0 Å². The Balaban J connectivity index is 2.98. The maximum absolute atomic E-state index is 13.1. The van der Waals surface area contributed by atoms with Crippen LogP contribution in [0.1, 0.15) is 58.9 Å². The number of carbonyl (C=O) groups excluding carboxylic acids is 4. The van der Waals surface area contributed by atoms with Gasteiger partial charge in [0.15, 0.2) is 0 Å². The molecule has 0 aromatic heterocycles. The third-order valence-corrected chi connectivity index (χ3v) is 5.57. The van der Waals surface area contributed by atoms with E-state index in [1.165, 1.54) is 12.1 Å². The number of benzene rings is 1. The fourth-order valence-corrected chi connectivity index (χ4v) is 3.71. The fourth-order valence-electron chi connectivity index (χ4n) is 3.71. The zero-order chi connectivity index (χ0) is 28.1. The zero-order valence-corrected chi connectivity index (χ0v) is 21.9. The van der Waals surface area contributed by atoms with Gasteiger partial charge in [-0.25, -0.2) is 0 Å². The first-order valence-electron chi connectivity index (χ1n) is 12.4. The van der Waals surface area contributed by atoms with Crippen molar-refractivity contribution >= 4 is 30.0 Å². The Morgan fingerprint density at radius 3 is 1.92 bits per heavy atom. The van der Waals surface area contributed by atoms with Crippen molar-refractivity contribution in [2.45, 2.75) is 84.0 Å². The predicted octanol–water partition coefficient (Wildman–Crippen LogP) is 0.872. The average Bonchev–Trinajstić information content (AvgIpc) is 2.80. The highest BCUT2D eigenvalue weighted by Crippen LogP contribution is 2.12. The van der Waals surface area contributed by atoms with E-state index < -0.39 is 54.3 Å². The molecule has 0 heterocycles. The van der Waals surface area contributed by atoms with E-state index >= 15 is 0 Å². The first-order chi connectivity index (χ1) is 17.3. The molecule has 0 spiro atoms. The summed E-state index contributed by atoms with van der Waals surface area (Å²) in [5.41, 5.74) is 6.63. The lowest BCUT2D eigenvalue weighted by molar-refractivity contribution is -0.138. The number of amides is 3. The van der Waals surface area contributed by atoms with Crippen molar-refractivity contribution in [3.8, 4) is 5.75 Å². The van der Waals surface area contributed by atoms with Crippen LogP contribution in [0.5, 0.6) is 5.75 Å². The van der Waals surface area contributed by atoms with Crippen LogP contribution < -0.4 is 21.7 Å². The van der Waals surface area contributed by atoms with Gasteiger partial charge in [-0.1, -0.05) is 39.8 Å². The Morgan fingerprint density at radius 1 is 0.865 bits per heavy atom. The Hall–Kier alpha value is -3.47. The Labute approximate surface area is 217 Å². The highest BCUT2D eigenvalue weighted by atomic mass is 16.4. The van der Waals surface area contributed by atoms with Crippen LogP contribution in [-0.4, -0.2) is 64.4 Å². The molecule has 37 heavy (non-hydrogen) atoms. The number of phenols is 1. The van der Waals surface area contributed by atoms with Crippen molar-refractivity contribution in [1.82, 2.24) is 16.0 Å². The minimum Gasteiger partial charge on any atom is -0.508 e. The quantitative estimate of drug-likeness (QED) is 0.173. The molecule has 0 aliphatic rings. The van der Waals surface area contributed by atoms with E-state index in [-0.39, 0.29) is 36.8 Å². The molecule has 0 fully saturated rings. The van der Waals surface area contributed by atoms with Crippen molar-refractivity contribution in [1.29, 1.82) is 0 Å². The number of carbonyl (C=O) groups is 5. The number of rotatable bonds is 16. The molecule has 1 aromatic rings. The van der Waals surface area contributed by atoms with E-state index in [4.69, 9.17) is 10.8 Å². The van der Waals surface area contributed by atoms with Crippen LogP contribution in [0.3, 0.4) is 0 Å². The second kappa shape index (κ2) is 15.6. The lowest BCUT2D eigenvalue weighted by Crippen LogP contribution is -2.57. The number of aliphatic carboxylic acids is 1. The molecule has 0 saturated heterocycles. The second-order valence-electron chi connectivity index (χ2n) is 10.0. The fraction of sp³-hybridized carbons (Fsp3) is 0.577. The molecule has 0 unspecified atom stereocenters. The molecule has 4 atom stereocenters. The summed E-state index contributed by atoms with van der Waals surface area (Å²) >= 11 is 0. The minimum atomic E-state index is -1.25. The molecular formula is C26H40N4O7. The van der Waals surface area contributed by atoms with Gasteiger partial charge in [-0.3, -0.25) is 19.2 Å². The lowest BCUT2D eigenvalue weighted by atomic mass is 10.00. The molecule has 206 valence electrons. The number of phenolic OH excluding ortho intramolecular Hbond substituents is 1. The van der Waals surface area contributed by atoms with Crippen LogP contribution in [0.25, 0.3) is 0 Å². The van der Waals surface area contributed by atoms with Gasteiger partial charge in [0.25, 0.3) is 0 Å². The number of nitrogens with one attached hydrogen (secondary N) is 3. The summed E-state index contributed by atoms with van der Waals surface area (Å²) in [6.07, 6.45) is 0.764. The largest absolute Gasteiger partial charge is 0.508 e. The highest BCUT2D eigenvalue weighted by Gasteiger charge is 2.30. The van der Waals surface area contributed by atoms with Crippen LogP contribution in [0.4, 0.5) is 0 Å². The summed E-state index contributed by atoms with van der Waals surface area (Å²) in [6, 6.07) is 2.13. The summed E-state index contributed by atoms with van der Waals surface area (Å²) in [5, 5.41) is 26.3. The number of hydrogen-bond donors (Lipinski definition) is 6. The Bertz CT molecular complexity index is 918. The van der Waals surface area contributed by atoms with E-state index in [0.717, 1.165) is 0 Å². The van der Waals surface area contributed by atoms with Crippen LogP contribution in [0.15, 0.2) is 24.3 Å². The molecule has 0 radical (unpaired) electrons. The predicted molar refractivity (Wildman–Crippen MR) is 137 cm³/mol. The van der Waals surface area contributed by atoms with E-state index in [2.05, 4.69) is 16.0 Å². The number of aromatic hydroxyl groups is 1. The number of nitrogens with two attached hydrogens (primary N) is 1. The number of hydrogen-bond acceptors (Lipinski definition) is 7. The average molecular weight is 521 g/mol. The molecule has 1 aromatic carbocycles. The van der Waals surface area contributed by atoms with E-state index in [1.807, 2.05) is 27.7 Å². The van der Waals surface area contributed by atoms with Crippen LogP contribution in [0, 0.1) is 11.8 Å². The normalized spacial score (nSPS) is 14.4. The third-order valence-electron chi connectivity index (χ3n) is 5.57. The van der Waals surface area contributed by atoms with E-state index in [0.29, 0.717) is 18.3 Å². The maximum Gasteiger partial charge on any atom is 0.303 e. The monoisotopic (exact) mass is 520 g/mol. The summed E-state index contributed by atoms with van der Waals surface area (Å²) < 4.78 is 0. The standard InChI is InChI=1S/C26H40N4O7/c1-15(2)11-20(27)24(35)30-22(12-16(3)4)26(37)29-21(9-10-23(33)34)25(36)28-18(14-31)13-17-5-7-19(32)8-6-17/h5-8,14-16,18,20-22,32H,9-13,27H2,1-4H3,(H,28,36)(H,29,37)(H,30,35)(H,33,34)/t18-,20-,21-,22-/m0/s1. The topological polar surface area (TPSA) is 188 Å². The minimum absolute atomic E-state index is 0.0217. The van der Waals surface area contributed by atoms with Crippen molar-refractivity contribution in [2.24, 2.45) is 17.6 Å². The van der Waals surface area contributed by atoms with Gasteiger partial charge in [0, 0.05) is 6.42 Å². The molecule has 0 saturated carbocycles. The molecule has 0 bridgehead atoms. The Kier molecular flexibility index (Phi) is 13.3. The van der Waals surface area contributed by atoms with Crippen molar-refractivity contribution in [3.63, 3.8) is 0 Å². The lowest BCUT2D eigenvalue weighted by Gasteiger charge is -2.26. The van der Waals surface area contributed by atoms with Crippen LogP contribution >= 0.6 is 0 Å². The molecule has 11 nitrogen and oxygen atoms in total. The molecule has 0 aliphatic carbocycles. The first kappa shape index (κ1) is 31.6. The van der Waals surface area contributed by atoms with Gasteiger partial charge in [-0.05, 0) is 55.2 Å². The SMILES string of the molecule is CC(C)C[C@H](NC(=O)[C@@H](N)CC(C)C)C(=O)N[C@@H](CCC(=O)O)C(=O)N[C@H](C=O)Cc1ccc(O)cc1. The first-order valence-corrected chi connectivity index (χ1v) is 12.4. The summed E-state index contributed by atoms with van der Waals surface area (Å²) in [4.78, 5) is 61.4. The third kappa shape index (κ3) is 12.4. The zero-order valence-electron chi connectivity index (χ0n) is 21.9. The highest BCUT2D eigenvalue weighted by molar-refractivity contribution is 5.93. The smallest absolute Gasteiger partial charge is 0.303 e. The maximum atomic E-state index is 13.1. The second-order valence-corrected chi connectivity index (χ2v) is 10.0. The molecule has 7 N–H and O–H groups in total. The van der Waals surface area contributed by atoms with Crippen molar-refractivity contribution < 1.29 is 34.2 Å². The van der Waals surface area contributed by atoms with Crippen molar-refractivity contribution in [2.75, 3.05) is 0 Å². The van der Waals surface area contributed by atoms with Gasteiger partial charge in [0.2, 0.25) is 17.7 Å². The molecule has 1 rings (SSSR count). The molecular weight excluding hydrogens is 480 g/mol.